The Morgan fingerprint density at radius 2 is 1.80 bits per heavy atom. The average Bonchev–Trinajstić information content (AvgIpc) is 2.25. The molecule has 88 valence electrons. The maximum atomic E-state index is 10.8. The second kappa shape index (κ2) is 4.68. The van der Waals surface area contributed by atoms with Crippen molar-refractivity contribution in [1.82, 2.24) is 0 Å². The number of aliphatic hydroxyl groups is 4. The highest BCUT2D eigenvalue weighted by Gasteiger charge is 2.48. The van der Waals surface area contributed by atoms with Crippen LogP contribution in [0, 0.1) is 5.21 Å². The van der Waals surface area contributed by atoms with Gasteiger partial charge in [-0.3, -0.25) is 0 Å². The number of hydrogen-bond donors (Lipinski definition) is 5. The minimum atomic E-state index is -1.74. The molecular weight excluding hydrogens is 212 g/mol. The predicted octanol–water partition coefficient (Wildman–Crippen LogP) is -2.86. The Morgan fingerprint density at radius 3 is 2.27 bits per heavy atom. The van der Waals surface area contributed by atoms with E-state index in [1.165, 1.54) is 0 Å². The third kappa shape index (κ3) is 2.16. The van der Waals surface area contributed by atoms with Crippen LogP contribution in [0.25, 0.3) is 0 Å². The standard InChI is InChI=1S/C6H12N2O7/c9-1-2-3(10)4(11)5(12)6(15-2)8(14)7-13/h2-6,9-13H,1H2/t2-,3-,4+,5+,6-/m1/s1. The molecule has 15 heavy (non-hydrogen) atoms. The number of ether oxygens (including phenoxy) is 1. The van der Waals surface area contributed by atoms with Crippen LogP contribution in [0.2, 0.25) is 0 Å². The van der Waals surface area contributed by atoms with Gasteiger partial charge in [-0.2, -0.15) is 0 Å². The molecule has 0 saturated carbocycles. The molecule has 1 fully saturated rings. The lowest BCUT2D eigenvalue weighted by atomic mass is 9.99. The van der Waals surface area contributed by atoms with E-state index in [9.17, 15) is 20.5 Å². The summed E-state index contributed by atoms with van der Waals surface area (Å²) < 4.78 is 4.73. The lowest BCUT2D eigenvalue weighted by molar-refractivity contribution is -0.656. The summed E-state index contributed by atoms with van der Waals surface area (Å²) in [7, 11) is 0. The van der Waals surface area contributed by atoms with Crippen molar-refractivity contribution < 1.29 is 35.2 Å². The fourth-order valence-electron chi connectivity index (χ4n) is 1.32. The van der Waals surface area contributed by atoms with Crippen LogP contribution < -0.4 is 0 Å². The third-order valence-electron chi connectivity index (χ3n) is 2.17. The van der Waals surface area contributed by atoms with Crippen LogP contribution in [0.3, 0.4) is 0 Å². The maximum absolute atomic E-state index is 10.8. The van der Waals surface area contributed by atoms with Gasteiger partial charge < -0.3 is 35.6 Å². The number of aliphatic hydroxyl groups excluding tert-OH is 4. The van der Waals surface area contributed by atoms with Crippen LogP contribution in [0.1, 0.15) is 0 Å². The molecule has 1 rings (SSSR count). The Bertz CT molecular complexity index is 246. The van der Waals surface area contributed by atoms with Gasteiger partial charge in [-0.05, 0) is 4.86 Å². The molecule has 0 aromatic heterocycles. The van der Waals surface area contributed by atoms with E-state index >= 15 is 0 Å². The first-order valence-corrected chi connectivity index (χ1v) is 4.14. The highest BCUT2D eigenvalue weighted by atomic mass is 16.6. The zero-order valence-electron chi connectivity index (χ0n) is 7.54. The molecule has 0 spiro atoms. The smallest absolute Gasteiger partial charge is 0.326 e. The second-order valence-electron chi connectivity index (χ2n) is 3.11. The molecule has 0 aromatic carbocycles. The Hall–Kier alpha value is -1.00. The van der Waals surface area contributed by atoms with Gasteiger partial charge in [0.15, 0.2) is 11.4 Å². The molecule has 9 nitrogen and oxygen atoms in total. The summed E-state index contributed by atoms with van der Waals surface area (Å²) in [5.41, 5.74) is 0. The normalized spacial score (nSPS) is 42.9. The minimum Gasteiger partial charge on any atom is -0.595 e. The molecule has 5 N–H and O–H groups in total. The molecule has 0 aromatic rings. The lowest BCUT2D eigenvalue weighted by Crippen LogP contribution is -2.60. The van der Waals surface area contributed by atoms with Crippen LogP contribution in [0.4, 0.5) is 0 Å². The van der Waals surface area contributed by atoms with Crippen LogP contribution in [-0.2, 0) is 4.74 Å². The van der Waals surface area contributed by atoms with Crippen molar-refractivity contribution in [2.24, 2.45) is 5.28 Å². The molecule has 0 aliphatic carbocycles. The van der Waals surface area contributed by atoms with Gasteiger partial charge in [-0.1, -0.05) is 0 Å². The van der Waals surface area contributed by atoms with Gasteiger partial charge in [0.25, 0.3) is 0 Å². The predicted molar refractivity (Wildman–Crippen MR) is 41.6 cm³/mol. The molecular formula is C6H12N2O7. The van der Waals surface area contributed by atoms with Crippen molar-refractivity contribution in [1.29, 1.82) is 0 Å². The Labute approximate surface area is 84.0 Å². The van der Waals surface area contributed by atoms with Gasteiger partial charge in [0.05, 0.1) is 6.61 Å². The highest BCUT2D eigenvalue weighted by molar-refractivity contribution is 4.88. The van der Waals surface area contributed by atoms with Gasteiger partial charge in [-0.15, -0.1) is 0 Å². The Kier molecular flexibility index (Phi) is 3.77. The van der Waals surface area contributed by atoms with Crippen molar-refractivity contribution in [2.75, 3.05) is 6.61 Å². The SMILES string of the molecule is [O-][N+](=NO)[C@@H]1O[C@H](CO)[C@@H](O)[C@H](O)[C@@H]1O. The lowest BCUT2D eigenvalue weighted by Gasteiger charge is -2.36. The fourth-order valence-corrected chi connectivity index (χ4v) is 1.32. The first kappa shape index (κ1) is 12.1. The summed E-state index contributed by atoms with van der Waals surface area (Å²) in [5, 5.41) is 57.8. The summed E-state index contributed by atoms with van der Waals surface area (Å²) in [6, 6.07) is 0. The molecule has 1 aliphatic heterocycles. The zero-order chi connectivity index (χ0) is 11.6. The number of hydroxylamine groups is 1. The van der Waals surface area contributed by atoms with Gasteiger partial charge in [0, 0.05) is 0 Å². The average molecular weight is 224 g/mol. The van der Waals surface area contributed by atoms with E-state index in [0.29, 0.717) is 0 Å². The van der Waals surface area contributed by atoms with E-state index in [1.807, 2.05) is 0 Å². The summed E-state index contributed by atoms with van der Waals surface area (Å²) in [6.07, 6.45) is -7.83. The van der Waals surface area contributed by atoms with Crippen LogP contribution >= 0.6 is 0 Å². The molecule has 9 heteroatoms. The molecule has 1 aliphatic rings. The monoisotopic (exact) mass is 224 g/mol. The Balaban J connectivity index is 2.83. The van der Waals surface area contributed by atoms with Crippen LogP contribution in [-0.4, -0.2) is 67.7 Å². The van der Waals surface area contributed by atoms with Crippen molar-refractivity contribution >= 4 is 0 Å². The third-order valence-corrected chi connectivity index (χ3v) is 2.17. The van der Waals surface area contributed by atoms with Gasteiger partial charge in [0.1, 0.15) is 18.3 Å². The van der Waals surface area contributed by atoms with E-state index in [0.717, 1.165) is 0 Å². The molecule has 0 radical (unpaired) electrons. The van der Waals surface area contributed by atoms with E-state index in [1.54, 1.807) is 0 Å². The molecule has 5 atom stereocenters. The maximum Gasteiger partial charge on any atom is 0.326 e. The Morgan fingerprint density at radius 1 is 1.20 bits per heavy atom. The minimum absolute atomic E-state index is 0.373. The van der Waals surface area contributed by atoms with Crippen molar-refractivity contribution in [2.45, 2.75) is 30.6 Å². The molecule has 0 amide bonds. The summed E-state index contributed by atoms with van der Waals surface area (Å²) in [4.78, 5) is -0.373. The van der Waals surface area contributed by atoms with Crippen molar-refractivity contribution in [3.05, 3.63) is 5.21 Å². The van der Waals surface area contributed by atoms with Gasteiger partial charge in [0.2, 0.25) is 0 Å². The summed E-state index contributed by atoms with van der Waals surface area (Å²) in [6.45, 7) is -0.652. The summed E-state index contributed by atoms with van der Waals surface area (Å²) in [5.74, 6) is 0. The van der Waals surface area contributed by atoms with Gasteiger partial charge >= 0.3 is 6.23 Å². The fraction of sp³-hybridized carbons (Fsp3) is 1.00. The van der Waals surface area contributed by atoms with Gasteiger partial charge in [-0.25, -0.2) is 0 Å². The quantitative estimate of drug-likeness (QED) is 0.192. The van der Waals surface area contributed by atoms with Crippen LogP contribution in [0.5, 0.6) is 0 Å². The molecule has 0 bridgehead atoms. The van der Waals surface area contributed by atoms with E-state index in [-0.39, 0.29) is 4.86 Å². The van der Waals surface area contributed by atoms with Crippen LogP contribution in [0.15, 0.2) is 5.28 Å². The zero-order valence-corrected chi connectivity index (χ0v) is 7.54. The first-order valence-electron chi connectivity index (χ1n) is 4.14. The number of rotatable bonds is 2. The summed E-state index contributed by atoms with van der Waals surface area (Å²) >= 11 is 0. The molecule has 1 saturated heterocycles. The highest BCUT2D eigenvalue weighted by Crippen LogP contribution is 2.21. The van der Waals surface area contributed by atoms with E-state index < -0.39 is 37.3 Å². The number of nitrogens with zero attached hydrogens (tertiary/aromatic N) is 2. The molecule has 1 heterocycles. The van der Waals surface area contributed by atoms with E-state index in [4.69, 9.17) is 15.1 Å². The topological polar surface area (TPSA) is 149 Å². The second-order valence-corrected chi connectivity index (χ2v) is 3.11. The van der Waals surface area contributed by atoms with Crippen molar-refractivity contribution in [3.63, 3.8) is 0 Å². The van der Waals surface area contributed by atoms with E-state index in [2.05, 4.69) is 5.28 Å². The largest absolute Gasteiger partial charge is 0.595 e. The van der Waals surface area contributed by atoms with Crippen molar-refractivity contribution in [3.8, 4) is 0 Å². The number of hydrogen-bond acceptors (Lipinski definition) is 7. The molecule has 0 unspecified atom stereocenters. The first-order chi connectivity index (χ1) is 7.02.